The van der Waals surface area contributed by atoms with Crippen LogP contribution in [0.15, 0.2) is 85.1 Å². The molecule has 7 nitrogen and oxygen atoms in total. The predicted molar refractivity (Wildman–Crippen MR) is 128 cm³/mol. The molecule has 1 atom stereocenters. The second-order valence-electron chi connectivity index (χ2n) is 7.76. The van der Waals surface area contributed by atoms with E-state index >= 15 is 0 Å². The van der Waals surface area contributed by atoms with E-state index in [1.807, 2.05) is 67.6 Å². The van der Waals surface area contributed by atoms with Gasteiger partial charge in [0, 0.05) is 11.6 Å². The van der Waals surface area contributed by atoms with Crippen LogP contribution in [0.4, 0.5) is 5.95 Å². The van der Waals surface area contributed by atoms with Gasteiger partial charge in [-0.2, -0.15) is 0 Å². The molecule has 33 heavy (non-hydrogen) atoms. The number of imidazole rings is 1. The monoisotopic (exact) mass is 435 g/mol. The van der Waals surface area contributed by atoms with E-state index < -0.39 is 0 Å². The lowest BCUT2D eigenvalue weighted by Crippen LogP contribution is -2.26. The molecular weight excluding hydrogens is 414 g/mol. The normalized spacial score (nSPS) is 11.9. The van der Waals surface area contributed by atoms with Gasteiger partial charge in [0.1, 0.15) is 11.2 Å². The summed E-state index contributed by atoms with van der Waals surface area (Å²) in [5.74, 6) is -0.373. The van der Waals surface area contributed by atoms with Crippen molar-refractivity contribution in [2.75, 3.05) is 5.32 Å². The molecule has 0 saturated heterocycles. The molecule has 0 aliphatic heterocycles. The summed E-state index contributed by atoms with van der Waals surface area (Å²) >= 11 is 0. The summed E-state index contributed by atoms with van der Waals surface area (Å²) in [5, 5.41) is 7.63. The van der Waals surface area contributed by atoms with Crippen LogP contribution in [0.3, 0.4) is 0 Å². The Hall–Kier alpha value is -4.52. The number of rotatable bonds is 5. The number of carbonyl (C=O) groups is 2. The fraction of sp³-hybridized carbons (Fsp3) is 0.0769. The van der Waals surface area contributed by atoms with Crippen molar-refractivity contribution in [3.05, 3.63) is 102 Å². The van der Waals surface area contributed by atoms with Crippen molar-refractivity contribution in [3.63, 3.8) is 0 Å². The van der Waals surface area contributed by atoms with E-state index in [9.17, 15) is 9.59 Å². The minimum atomic E-state index is -0.386. The number of hydrogen-bond acceptors (Lipinski definition) is 4. The smallest absolute Gasteiger partial charge is 0.276 e. The summed E-state index contributed by atoms with van der Waals surface area (Å²) < 4.78 is 0. The number of para-hydroxylation sites is 1. The van der Waals surface area contributed by atoms with Crippen LogP contribution in [0.5, 0.6) is 0 Å². The van der Waals surface area contributed by atoms with Crippen molar-refractivity contribution in [2.24, 2.45) is 0 Å². The Morgan fingerprint density at radius 3 is 2.45 bits per heavy atom. The first-order valence-corrected chi connectivity index (χ1v) is 10.6. The number of nitrogens with one attached hydrogen (secondary N) is 3. The predicted octanol–water partition coefficient (Wildman–Crippen LogP) is 4.85. The lowest BCUT2D eigenvalue weighted by Gasteiger charge is -2.14. The van der Waals surface area contributed by atoms with Crippen LogP contribution in [0.1, 0.15) is 39.4 Å². The molecule has 0 spiro atoms. The molecule has 0 bridgehead atoms. The lowest BCUT2D eigenvalue weighted by molar-refractivity contribution is 0.0940. The van der Waals surface area contributed by atoms with Gasteiger partial charge in [0.05, 0.1) is 17.1 Å². The number of benzene rings is 3. The summed E-state index contributed by atoms with van der Waals surface area (Å²) in [4.78, 5) is 37.5. The summed E-state index contributed by atoms with van der Waals surface area (Å²) in [5.41, 5.74) is 2.85. The van der Waals surface area contributed by atoms with Gasteiger partial charge in [0.15, 0.2) is 0 Å². The van der Waals surface area contributed by atoms with Gasteiger partial charge in [-0.25, -0.2) is 4.98 Å². The molecule has 0 saturated carbocycles. The lowest BCUT2D eigenvalue weighted by atomic mass is 10.1. The fourth-order valence-corrected chi connectivity index (χ4v) is 3.75. The molecule has 0 radical (unpaired) electrons. The average Bonchev–Trinajstić information content (AvgIpc) is 3.26. The first-order chi connectivity index (χ1) is 16.1. The van der Waals surface area contributed by atoms with Crippen molar-refractivity contribution in [3.8, 4) is 0 Å². The molecule has 0 fully saturated rings. The molecule has 7 heteroatoms. The Kier molecular flexibility index (Phi) is 5.28. The summed E-state index contributed by atoms with van der Waals surface area (Å²) in [7, 11) is 0. The standard InChI is InChI=1S/C26H21N5O2/c1-16(17-8-3-2-4-9-17)28-24(32)20-12-7-13-21-23(20)30-26(29-21)31-25(33)22-14-18-10-5-6-11-19(18)15-27-22/h2-16H,1H3,(H,28,32)(H2,29,30,31,33)/t16-/m1/s1. The maximum Gasteiger partial charge on any atom is 0.276 e. The van der Waals surface area contributed by atoms with Crippen LogP contribution >= 0.6 is 0 Å². The largest absolute Gasteiger partial charge is 0.345 e. The van der Waals surface area contributed by atoms with Gasteiger partial charge in [-0.05, 0) is 36.1 Å². The van der Waals surface area contributed by atoms with E-state index in [4.69, 9.17) is 0 Å². The van der Waals surface area contributed by atoms with Crippen LogP contribution in [0, 0.1) is 0 Å². The molecule has 2 aromatic heterocycles. The number of hydrogen-bond donors (Lipinski definition) is 3. The fourth-order valence-electron chi connectivity index (χ4n) is 3.75. The van der Waals surface area contributed by atoms with Gasteiger partial charge in [-0.1, -0.05) is 60.7 Å². The number of aromatic nitrogens is 3. The summed E-state index contributed by atoms with van der Waals surface area (Å²) in [6, 6.07) is 24.3. The van der Waals surface area contributed by atoms with E-state index in [0.717, 1.165) is 16.3 Å². The number of anilines is 1. The summed E-state index contributed by atoms with van der Waals surface area (Å²) in [6.45, 7) is 1.93. The van der Waals surface area contributed by atoms with E-state index in [1.165, 1.54) is 0 Å². The number of pyridine rings is 1. The summed E-state index contributed by atoms with van der Waals surface area (Å²) in [6.07, 6.45) is 1.67. The highest BCUT2D eigenvalue weighted by Crippen LogP contribution is 2.21. The molecule has 5 aromatic rings. The third kappa shape index (κ3) is 4.16. The van der Waals surface area contributed by atoms with Gasteiger partial charge in [-0.15, -0.1) is 0 Å². The number of nitrogens with zero attached hydrogens (tertiary/aromatic N) is 2. The zero-order valence-corrected chi connectivity index (χ0v) is 17.9. The van der Waals surface area contributed by atoms with E-state index in [-0.39, 0.29) is 29.5 Å². The van der Waals surface area contributed by atoms with Crippen molar-refractivity contribution >= 4 is 39.6 Å². The van der Waals surface area contributed by atoms with Gasteiger partial charge >= 0.3 is 0 Å². The Balaban J connectivity index is 1.37. The van der Waals surface area contributed by atoms with E-state index in [2.05, 4.69) is 25.6 Å². The molecular formula is C26H21N5O2. The molecule has 2 amide bonds. The first-order valence-electron chi connectivity index (χ1n) is 10.6. The maximum absolute atomic E-state index is 13.0. The molecule has 3 N–H and O–H groups in total. The van der Waals surface area contributed by atoms with Gasteiger partial charge in [0.2, 0.25) is 5.95 Å². The number of aromatic amines is 1. The third-order valence-corrected chi connectivity index (χ3v) is 5.50. The third-order valence-electron chi connectivity index (χ3n) is 5.50. The highest BCUT2D eigenvalue weighted by molar-refractivity contribution is 6.07. The van der Waals surface area contributed by atoms with Crippen LogP contribution in [-0.4, -0.2) is 26.8 Å². The quantitative estimate of drug-likeness (QED) is 0.367. The van der Waals surface area contributed by atoms with Crippen molar-refractivity contribution in [2.45, 2.75) is 13.0 Å². The minimum Gasteiger partial charge on any atom is -0.345 e. The van der Waals surface area contributed by atoms with Crippen molar-refractivity contribution in [1.82, 2.24) is 20.3 Å². The molecule has 0 aliphatic carbocycles. The van der Waals surface area contributed by atoms with Crippen LogP contribution in [-0.2, 0) is 0 Å². The van der Waals surface area contributed by atoms with E-state index in [1.54, 1.807) is 24.4 Å². The Labute approximate surface area is 189 Å². The SMILES string of the molecule is C[C@@H](NC(=O)c1cccc2[nH]c(NC(=O)c3cc4ccccc4cn3)nc12)c1ccccc1. The average molecular weight is 435 g/mol. The second-order valence-corrected chi connectivity index (χ2v) is 7.76. The molecule has 162 valence electrons. The number of amides is 2. The Morgan fingerprint density at radius 1 is 0.879 bits per heavy atom. The minimum absolute atomic E-state index is 0.161. The molecule has 2 heterocycles. The van der Waals surface area contributed by atoms with Crippen molar-refractivity contribution in [1.29, 1.82) is 0 Å². The zero-order chi connectivity index (χ0) is 22.8. The highest BCUT2D eigenvalue weighted by atomic mass is 16.2. The Bertz CT molecular complexity index is 1480. The van der Waals surface area contributed by atoms with E-state index in [0.29, 0.717) is 16.6 Å². The maximum atomic E-state index is 13.0. The molecule has 3 aromatic carbocycles. The van der Waals surface area contributed by atoms with Gasteiger partial charge in [-0.3, -0.25) is 19.9 Å². The Morgan fingerprint density at radius 2 is 1.64 bits per heavy atom. The number of H-pyrrole nitrogens is 1. The molecule has 5 rings (SSSR count). The highest BCUT2D eigenvalue weighted by Gasteiger charge is 2.18. The van der Waals surface area contributed by atoms with Gasteiger partial charge in [0.25, 0.3) is 11.8 Å². The van der Waals surface area contributed by atoms with Crippen LogP contribution in [0.25, 0.3) is 21.8 Å². The zero-order valence-electron chi connectivity index (χ0n) is 17.9. The second kappa shape index (κ2) is 8.55. The molecule has 0 aliphatic rings. The number of carbonyl (C=O) groups excluding carboxylic acids is 2. The van der Waals surface area contributed by atoms with Gasteiger partial charge < -0.3 is 10.3 Å². The van der Waals surface area contributed by atoms with Crippen molar-refractivity contribution < 1.29 is 9.59 Å². The first kappa shape index (κ1) is 20.4. The topological polar surface area (TPSA) is 99.8 Å². The number of fused-ring (bicyclic) bond motifs is 2. The van der Waals surface area contributed by atoms with Crippen LogP contribution < -0.4 is 10.6 Å². The van der Waals surface area contributed by atoms with Crippen LogP contribution in [0.2, 0.25) is 0 Å². The molecule has 0 unspecified atom stereocenters.